The molecule has 4 aromatic carbocycles. The lowest BCUT2D eigenvalue weighted by Crippen LogP contribution is -2.23. The molecule has 0 saturated carbocycles. The van der Waals surface area contributed by atoms with Gasteiger partial charge in [0.2, 0.25) is 0 Å². The monoisotopic (exact) mass is 614 g/mol. The summed E-state index contributed by atoms with van der Waals surface area (Å²) in [5, 5.41) is 1.31. The highest BCUT2D eigenvalue weighted by atomic mass is 35.5. The number of para-hydroxylation sites is 1. The van der Waals surface area contributed by atoms with Crippen molar-refractivity contribution in [2.24, 2.45) is 0 Å². The van der Waals surface area contributed by atoms with E-state index >= 15 is 0 Å². The number of hydrogen-bond donors (Lipinski definition) is 0. The summed E-state index contributed by atoms with van der Waals surface area (Å²) in [7, 11) is 2.46. The highest BCUT2D eigenvalue weighted by Gasteiger charge is 2.18. The molecule has 0 unspecified atom stereocenters. The van der Waals surface area contributed by atoms with E-state index in [1.165, 1.54) is 37.0 Å². The Morgan fingerprint density at radius 2 is 1.49 bits per heavy atom. The van der Waals surface area contributed by atoms with Gasteiger partial charge in [-0.2, -0.15) is 0 Å². The molecule has 0 fully saturated rings. The lowest BCUT2D eigenvalue weighted by Gasteiger charge is -2.14. The summed E-state index contributed by atoms with van der Waals surface area (Å²) in [6, 6.07) is 23.9. The van der Waals surface area contributed by atoms with Crippen molar-refractivity contribution in [1.29, 1.82) is 0 Å². The van der Waals surface area contributed by atoms with Crippen molar-refractivity contribution in [3.8, 4) is 11.4 Å². The molecule has 5 rings (SSSR count). The molecule has 0 aliphatic carbocycles. The summed E-state index contributed by atoms with van der Waals surface area (Å²) in [4.78, 5) is 43.3. The molecule has 0 saturated heterocycles. The van der Waals surface area contributed by atoms with Crippen LogP contribution in [-0.2, 0) is 16.1 Å². The third-order valence-electron chi connectivity index (χ3n) is 6.51. The average Bonchev–Trinajstić information content (AvgIpc) is 3.03. The highest BCUT2D eigenvalue weighted by Crippen LogP contribution is 2.24. The first-order chi connectivity index (χ1) is 20.8. The van der Waals surface area contributed by atoms with Gasteiger partial charge in [0.05, 0.1) is 52.0 Å². The van der Waals surface area contributed by atoms with Gasteiger partial charge in [-0.05, 0) is 71.8 Å². The minimum absolute atomic E-state index is 0.0758. The maximum absolute atomic E-state index is 13.8. The number of carbonyl (C=O) groups excluding carboxylic acids is 2. The Bertz CT molecular complexity index is 1900. The van der Waals surface area contributed by atoms with Crippen molar-refractivity contribution in [1.82, 2.24) is 9.55 Å². The van der Waals surface area contributed by atoms with Crippen molar-refractivity contribution in [3.63, 3.8) is 0 Å². The molecule has 0 aliphatic heterocycles. The lowest BCUT2D eigenvalue weighted by molar-refractivity contribution is 0.0599. The SMILES string of the molecule is COC(=O)c1cc(C(=O)OC)cc(-n2c(C=Cc3ccc(OCc4ccc(Cl)c(Cl)c4)cc3)nc3ccccc3c2=O)c1. The maximum Gasteiger partial charge on any atom is 0.337 e. The fourth-order valence-electron chi connectivity index (χ4n) is 4.36. The van der Waals surface area contributed by atoms with Crippen molar-refractivity contribution in [3.05, 3.63) is 133 Å². The number of fused-ring (bicyclic) bond motifs is 1. The standard InChI is InChI=1S/C33H24Cl2N2O6/c1-41-32(39)22-16-23(33(40)42-2)18-24(17-22)37-30(36-29-6-4-3-5-26(29)31(37)38)14-10-20-7-11-25(12-8-20)43-19-21-9-13-27(34)28(35)15-21/h3-18H,19H2,1-2H3. The Morgan fingerprint density at radius 1 is 0.814 bits per heavy atom. The summed E-state index contributed by atoms with van der Waals surface area (Å²) in [6.45, 7) is 0.317. The predicted octanol–water partition coefficient (Wildman–Crippen LogP) is 7.02. The Labute approximate surface area is 256 Å². The van der Waals surface area contributed by atoms with E-state index < -0.39 is 11.9 Å². The quantitative estimate of drug-likeness (QED) is 0.173. The zero-order valence-electron chi connectivity index (χ0n) is 23.0. The number of halogens is 2. The molecule has 216 valence electrons. The Kier molecular flexibility index (Phi) is 8.90. The molecule has 5 aromatic rings. The average molecular weight is 615 g/mol. The fraction of sp³-hybridized carbons (Fsp3) is 0.0909. The first-order valence-corrected chi connectivity index (χ1v) is 13.7. The molecule has 8 nitrogen and oxygen atoms in total. The summed E-state index contributed by atoms with van der Waals surface area (Å²) in [5.41, 5.74) is 2.21. The van der Waals surface area contributed by atoms with Crippen molar-refractivity contribution in [2.75, 3.05) is 14.2 Å². The van der Waals surface area contributed by atoms with Crippen LogP contribution >= 0.6 is 23.2 Å². The van der Waals surface area contributed by atoms with Gasteiger partial charge in [-0.15, -0.1) is 0 Å². The first kappa shape index (κ1) is 29.6. The van der Waals surface area contributed by atoms with Crippen LogP contribution in [0.5, 0.6) is 5.75 Å². The van der Waals surface area contributed by atoms with Gasteiger partial charge in [0.25, 0.3) is 5.56 Å². The topological polar surface area (TPSA) is 96.7 Å². The number of aromatic nitrogens is 2. The Balaban J connectivity index is 1.51. The predicted molar refractivity (Wildman–Crippen MR) is 166 cm³/mol. The van der Waals surface area contributed by atoms with Crippen LogP contribution in [0.1, 0.15) is 37.7 Å². The van der Waals surface area contributed by atoms with Crippen LogP contribution in [0.2, 0.25) is 10.0 Å². The number of hydrogen-bond acceptors (Lipinski definition) is 7. The Hall–Kier alpha value is -4.92. The van der Waals surface area contributed by atoms with Gasteiger partial charge in [-0.3, -0.25) is 9.36 Å². The van der Waals surface area contributed by atoms with Gasteiger partial charge in [-0.25, -0.2) is 14.6 Å². The van der Waals surface area contributed by atoms with Crippen LogP contribution in [0.3, 0.4) is 0 Å². The molecule has 0 atom stereocenters. The highest BCUT2D eigenvalue weighted by molar-refractivity contribution is 6.42. The summed E-state index contributed by atoms with van der Waals surface area (Å²) in [6.07, 6.45) is 3.48. The summed E-state index contributed by atoms with van der Waals surface area (Å²) >= 11 is 12.1. The van der Waals surface area contributed by atoms with E-state index in [9.17, 15) is 14.4 Å². The van der Waals surface area contributed by atoms with Crippen LogP contribution in [0.25, 0.3) is 28.7 Å². The van der Waals surface area contributed by atoms with Crippen LogP contribution in [0, 0.1) is 0 Å². The van der Waals surface area contributed by atoms with Gasteiger partial charge in [0.1, 0.15) is 18.2 Å². The number of nitrogens with zero attached hydrogens (tertiary/aromatic N) is 2. The lowest BCUT2D eigenvalue weighted by atomic mass is 10.1. The smallest absolute Gasteiger partial charge is 0.337 e. The van der Waals surface area contributed by atoms with Crippen molar-refractivity contribution < 1.29 is 23.8 Å². The number of rotatable bonds is 8. The molecule has 43 heavy (non-hydrogen) atoms. The van der Waals surface area contributed by atoms with Gasteiger partial charge < -0.3 is 14.2 Å². The van der Waals surface area contributed by atoms with E-state index in [2.05, 4.69) is 0 Å². The van der Waals surface area contributed by atoms with Crippen molar-refractivity contribution in [2.45, 2.75) is 6.61 Å². The molecule has 0 N–H and O–H groups in total. The van der Waals surface area contributed by atoms with E-state index in [0.717, 1.165) is 11.1 Å². The van der Waals surface area contributed by atoms with Crippen LogP contribution in [-0.4, -0.2) is 35.7 Å². The first-order valence-electron chi connectivity index (χ1n) is 13.0. The second-order valence-corrected chi connectivity index (χ2v) is 10.1. The van der Waals surface area contributed by atoms with Crippen LogP contribution in [0.15, 0.2) is 89.7 Å². The molecule has 0 amide bonds. The molecule has 0 radical (unpaired) electrons. The number of esters is 2. The largest absolute Gasteiger partial charge is 0.489 e. The number of ether oxygens (including phenoxy) is 3. The van der Waals surface area contributed by atoms with Gasteiger partial charge in [0, 0.05) is 0 Å². The number of benzene rings is 4. The van der Waals surface area contributed by atoms with Gasteiger partial charge >= 0.3 is 11.9 Å². The van der Waals surface area contributed by atoms with E-state index in [1.54, 1.807) is 48.6 Å². The summed E-state index contributed by atoms with van der Waals surface area (Å²) < 4.78 is 16.9. The number of methoxy groups -OCH3 is 2. The zero-order chi connectivity index (χ0) is 30.5. The number of carbonyl (C=O) groups is 2. The van der Waals surface area contributed by atoms with Crippen molar-refractivity contribution >= 4 is 58.2 Å². The zero-order valence-corrected chi connectivity index (χ0v) is 24.6. The maximum atomic E-state index is 13.8. The molecule has 10 heteroatoms. The molecular weight excluding hydrogens is 591 g/mol. The van der Waals surface area contributed by atoms with Gasteiger partial charge in [-0.1, -0.05) is 59.6 Å². The Morgan fingerprint density at radius 3 is 2.14 bits per heavy atom. The molecule has 1 aromatic heterocycles. The molecule has 0 aliphatic rings. The van der Waals surface area contributed by atoms with E-state index in [1.807, 2.05) is 30.3 Å². The van der Waals surface area contributed by atoms with Crippen LogP contribution in [0.4, 0.5) is 0 Å². The summed E-state index contributed by atoms with van der Waals surface area (Å²) in [5.74, 6) is -0.417. The normalized spacial score (nSPS) is 11.1. The van der Waals surface area contributed by atoms with E-state index in [-0.39, 0.29) is 28.2 Å². The second kappa shape index (κ2) is 12.9. The van der Waals surface area contributed by atoms with E-state index in [0.29, 0.717) is 33.3 Å². The fourth-order valence-corrected chi connectivity index (χ4v) is 4.69. The molecule has 0 bridgehead atoms. The second-order valence-electron chi connectivity index (χ2n) is 9.32. The minimum atomic E-state index is -0.674. The van der Waals surface area contributed by atoms with E-state index in [4.69, 9.17) is 42.4 Å². The molecular formula is C33H24Cl2N2O6. The third kappa shape index (κ3) is 6.61. The third-order valence-corrected chi connectivity index (χ3v) is 7.25. The molecule has 0 spiro atoms. The van der Waals surface area contributed by atoms with Gasteiger partial charge in [0.15, 0.2) is 0 Å². The molecule has 1 heterocycles. The minimum Gasteiger partial charge on any atom is -0.489 e. The van der Waals surface area contributed by atoms with Crippen LogP contribution < -0.4 is 10.3 Å².